The third-order valence-electron chi connectivity index (χ3n) is 1.72. The van der Waals surface area contributed by atoms with Crippen molar-refractivity contribution < 1.29 is 9.90 Å². The fourth-order valence-electron chi connectivity index (χ4n) is 1.08. The molecule has 0 saturated carbocycles. The minimum Gasteiger partial charge on any atom is -0.480 e. The lowest BCUT2D eigenvalue weighted by molar-refractivity contribution is -0.136. The van der Waals surface area contributed by atoms with Crippen LogP contribution in [0.5, 0.6) is 0 Å². The lowest BCUT2D eigenvalue weighted by atomic mass is 10.4. The van der Waals surface area contributed by atoms with E-state index in [0.717, 1.165) is 12.2 Å². The van der Waals surface area contributed by atoms with E-state index >= 15 is 0 Å². The van der Waals surface area contributed by atoms with Crippen molar-refractivity contribution >= 4 is 5.97 Å². The zero-order valence-electron chi connectivity index (χ0n) is 7.53. The molecule has 0 unspecified atom stereocenters. The summed E-state index contributed by atoms with van der Waals surface area (Å²) in [5.74, 6) is -0.845. The van der Waals surface area contributed by atoms with E-state index in [0.29, 0.717) is 6.54 Å². The van der Waals surface area contributed by atoms with E-state index in [9.17, 15) is 4.79 Å². The molecule has 0 fully saturated rings. The Labute approximate surface area is 76.4 Å². The average Bonchev–Trinajstić information content (AvgIpc) is 2.51. The first-order chi connectivity index (χ1) is 6.24. The SMILES string of the molecule is CCn1cncc1CNCC(=O)O. The maximum atomic E-state index is 10.2. The molecule has 72 valence electrons. The highest BCUT2D eigenvalue weighted by molar-refractivity contribution is 5.68. The van der Waals surface area contributed by atoms with Crippen molar-refractivity contribution in [3.8, 4) is 0 Å². The van der Waals surface area contributed by atoms with Gasteiger partial charge in [0.25, 0.3) is 0 Å². The smallest absolute Gasteiger partial charge is 0.317 e. The molecule has 0 radical (unpaired) electrons. The third-order valence-corrected chi connectivity index (χ3v) is 1.72. The highest BCUT2D eigenvalue weighted by atomic mass is 16.4. The minimum atomic E-state index is -0.845. The molecule has 5 nitrogen and oxygen atoms in total. The van der Waals surface area contributed by atoms with E-state index in [1.807, 2.05) is 11.5 Å². The van der Waals surface area contributed by atoms with Gasteiger partial charge in [-0.25, -0.2) is 4.98 Å². The van der Waals surface area contributed by atoms with Crippen molar-refractivity contribution in [1.82, 2.24) is 14.9 Å². The maximum absolute atomic E-state index is 10.2. The first kappa shape index (κ1) is 9.73. The van der Waals surface area contributed by atoms with Gasteiger partial charge in [-0.1, -0.05) is 0 Å². The molecule has 0 aliphatic heterocycles. The van der Waals surface area contributed by atoms with E-state index < -0.39 is 5.97 Å². The Morgan fingerprint density at radius 1 is 1.77 bits per heavy atom. The van der Waals surface area contributed by atoms with Crippen LogP contribution >= 0.6 is 0 Å². The van der Waals surface area contributed by atoms with Gasteiger partial charge in [0, 0.05) is 19.3 Å². The summed E-state index contributed by atoms with van der Waals surface area (Å²) in [6.07, 6.45) is 3.47. The van der Waals surface area contributed by atoms with E-state index in [1.54, 1.807) is 12.5 Å². The number of imidazole rings is 1. The summed E-state index contributed by atoms with van der Waals surface area (Å²) in [5, 5.41) is 11.2. The third kappa shape index (κ3) is 2.87. The van der Waals surface area contributed by atoms with E-state index in [2.05, 4.69) is 10.3 Å². The van der Waals surface area contributed by atoms with Crippen molar-refractivity contribution in [2.24, 2.45) is 0 Å². The molecule has 1 aromatic heterocycles. The number of hydrogen-bond donors (Lipinski definition) is 2. The Morgan fingerprint density at radius 2 is 2.54 bits per heavy atom. The molecule has 5 heteroatoms. The Balaban J connectivity index is 2.40. The standard InChI is InChI=1S/C8H13N3O2/c1-2-11-6-10-4-7(11)3-9-5-8(12)13/h4,6,9H,2-3,5H2,1H3,(H,12,13). The molecule has 13 heavy (non-hydrogen) atoms. The number of carboxylic acids is 1. The van der Waals surface area contributed by atoms with Crippen LogP contribution in [-0.2, 0) is 17.9 Å². The summed E-state index contributed by atoms with van der Waals surface area (Å²) >= 11 is 0. The summed E-state index contributed by atoms with van der Waals surface area (Å²) in [6, 6.07) is 0. The van der Waals surface area contributed by atoms with Gasteiger partial charge in [0.1, 0.15) is 0 Å². The van der Waals surface area contributed by atoms with Crippen LogP contribution in [0.25, 0.3) is 0 Å². The predicted octanol–water partition coefficient (Wildman–Crippen LogP) is 0.0772. The first-order valence-electron chi connectivity index (χ1n) is 4.15. The predicted molar refractivity (Wildman–Crippen MR) is 47.2 cm³/mol. The van der Waals surface area contributed by atoms with Crippen molar-refractivity contribution in [3.05, 3.63) is 18.2 Å². The monoisotopic (exact) mass is 183 g/mol. The fraction of sp³-hybridized carbons (Fsp3) is 0.500. The molecule has 0 aliphatic carbocycles. The minimum absolute atomic E-state index is 0.0190. The van der Waals surface area contributed by atoms with Crippen LogP contribution in [0.4, 0.5) is 0 Å². The summed E-state index contributed by atoms with van der Waals surface area (Å²) in [5.41, 5.74) is 1.00. The number of carboxylic acid groups (broad SMARTS) is 1. The molecule has 0 saturated heterocycles. The van der Waals surface area contributed by atoms with Crippen molar-refractivity contribution in [2.45, 2.75) is 20.0 Å². The second-order valence-electron chi connectivity index (χ2n) is 2.67. The normalized spacial score (nSPS) is 10.2. The second-order valence-corrected chi connectivity index (χ2v) is 2.67. The molecule has 1 aromatic rings. The number of rotatable bonds is 5. The molecule has 0 amide bonds. The van der Waals surface area contributed by atoms with Gasteiger partial charge in [-0.2, -0.15) is 0 Å². The van der Waals surface area contributed by atoms with E-state index in [-0.39, 0.29) is 6.54 Å². The summed E-state index contributed by atoms with van der Waals surface area (Å²) in [4.78, 5) is 14.2. The van der Waals surface area contributed by atoms with Crippen LogP contribution in [-0.4, -0.2) is 27.2 Å². The number of nitrogens with zero attached hydrogens (tertiary/aromatic N) is 2. The Kier molecular flexibility index (Phi) is 3.45. The lowest BCUT2D eigenvalue weighted by Crippen LogP contribution is -2.23. The highest BCUT2D eigenvalue weighted by Crippen LogP contribution is 1.97. The Bertz CT molecular complexity index is 283. The molecule has 0 aliphatic rings. The highest BCUT2D eigenvalue weighted by Gasteiger charge is 2.00. The van der Waals surface area contributed by atoms with Crippen molar-refractivity contribution in [2.75, 3.05) is 6.54 Å². The van der Waals surface area contributed by atoms with E-state index in [4.69, 9.17) is 5.11 Å². The van der Waals surface area contributed by atoms with Crippen LogP contribution in [0.3, 0.4) is 0 Å². The van der Waals surface area contributed by atoms with Gasteiger partial charge in [-0.05, 0) is 6.92 Å². The van der Waals surface area contributed by atoms with Crippen LogP contribution in [0.2, 0.25) is 0 Å². The molecule has 2 N–H and O–H groups in total. The molecule has 0 spiro atoms. The zero-order valence-corrected chi connectivity index (χ0v) is 7.53. The molecule has 0 bridgehead atoms. The number of carbonyl (C=O) groups is 1. The van der Waals surface area contributed by atoms with Crippen LogP contribution in [0, 0.1) is 0 Å². The van der Waals surface area contributed by atoms with Gasteiger partial charge in [0.05, 0.1) is 18.6 Å². The summed E-state index contributed by atoms with van der Waals surface area (Å²) in [7, 11) is 0. The summed E-state index contributed by atoms with van der Waals surface area (Å²) < 4.78 is 1.97. The number of hydrogen-bond acceptors (Lipinski definition) is 3. The largest absolute Gasteiger partial charge is 0.480 e. The second kappa shape index (κ2) is 4.61. The number of nitrogens with one attached hydrogen (secondary N) is 1. The molecular formula is C8H13N3O2. The molecule has 0 aromatic carbocycles. The number of aliphatic carboxylic acids is 1. The molecule has 1 heterocycles. The Morgan fingerprint density at radius 3 is 3.15 bits per heavy atom. The van der Waals surface area contributed by atoms with Gasteiger partial charge in [-0.15, -0.1) is 0 Å². The average molecular weight is 183 g/mol. The first-order valence-corrected chi connectivity index (χ1v) is 4.15. The number of aryl methyl sites for hydroxylation is 1. The van der Waals surface area contributed by atoms with E-state index in [1.165, 1.54) is 0 Å². The topological polar surface area (TPSA) is 67.2 Å². The Hall–Kier alpha value is -1.36. The van der Waals surface area contributed by atoms with Crippen LogP contribution in [0.15, 0.2) is 12.5 Å². The van der Waals surface area contributed by atoms with Crippen molar-refractivity contribution in [3.63, 3.8) is 0 Å². The maximum Gasteiger partial charge on any atom is 0.317 e. The molecule has 1 rings (SSSR count). The fourth-order valence-corrected chi connectivity index (χ4v) is 1.08. The quantitative estimate of drug-likeness (QED) is 0.678. The van der Waals surface area contributed by atoms with Crippen LogP contribution < -0.4 is 5.32 Å². The van der Waals surface area contributed by atoms with Gasteiger partial charge >= 0.3 is 5.97 Å². The van der Waals surface area contributed by atoms with Crippen molar-refractivity contribution in [1.29, 1.82) is 0 Å². The van der Waals surface area contributed by atoms with Gasteiger partial charge in [0.15, 0.2) is 0 Å². The lowest BCUT2D eigenvalue weighted by Gasteiger charge is -2.04. The molecule has 0 atom stereocenters. The van der Waals surface area contributed by atoms with Crippen LogP contribution in [0.1, 0.15) is 12.6 Å². The van der Waals surface area contributed by atoms with Gasteiger partial charge < -0.3 is 15.0 Å². The van der Waals surface area contributed by atoms with Gasteiger partial charge in [0.2, 0.25) is 0 Å². The van der Waals surface area contributed by atoms with Gasteiger partial charge in [-0.3, -0.25) is 4.79 Å². The zero-order chi connectivity index (χ0) is 9.68. The number of aromatic nitrogens is 2. The molecular weight excluding hydrogens is 170 g/mol. The summed E-state index contributed by atoms with van der Waals surface area (Å²) in [6.45, 7) is 3.39.